The van der Waals surface area contributed by atoms with Gasteiger partial charge in [-0.05, 0) is 30.7 Å². The number of phenols is 2. The summed E-state index contributed by atoms with van der Waals surface area (Å²) in [4.78, 5) is 25.6. The number of aliphatic hydroxyl groups excluding tert-OH is 1. The Hall–Kier alpha value is -2.78. The van der Waals surface area contributed by atoms with Crippen LogP contribution in [0.25, 0.3) is 0 Å². The molecule has 29 heavy (non-hydrogen) atoms. The zero-order valence-corrected chi connectivity index (χ0v) is 15.7. The average molecular weight is 399 g/mol. The number of fused-ring (bicyclic) bond motifs is 2. The molecule has 152 valence electrons. The lowest BCUT2D eigenvalue weighted by atomic mass is 9.82. The lowest BCUT2D eigenvalue weighted by Crippen LogP contribution is -2.51. The van der Waals surface area contributed by atoms with Gasteiger partial charge in [0, 0.05) is 23.6 Å². The molecule has 8 heteroatoms. The highest BCUT2D eigenvalue weighted by Gasteiger charge is 2.35. The Morgan fingerprint density at radius 1 is 1.10 bits per heavy atom. The summed E-state index contributed by atoms with van der Waals surface area (Å²) in [6.45, 7) is 1.71. The predicted octanol–water partition coefficient (Wildman–Crippen LogP) is 1.21. The van der Waals surface area contributed by atoms with Crippen LogP contribution in [0.15, 0.2) is 30.3 Å². The minimum Gasteiger partial charge on any atom is -0.507 e. The number of hydrogen-bond donors (Lipinski definition) is 4. The minimum absolute atomic E-state index is 0.00933. The van der Waals surface area contributed by atoms with Crippen molar-refractivity contribution >= 4 is 11.6 Å². The fraction of sp³-hybridized carbons (Fsp3) is 0.333. The zero-order chi connectivity index (χ0) is 20.9. The summed E-state index contributed by atoms with van der Waals surface area (Å²) in [6.07, 6.45) is -1.60. The second-order valence-electron chi connectivity index (χ2n) is 7.37. The maximum Gasteiger partial charge on any atom is 0.201 e. The number of nitrogens with two attached hydrogens (primary N) is 1. The summed E-state index contributed by atoms with van der Waals surface area (Å²) >= 11 is 0. The monoisotopic (exact) mass is 399 g/mol. The number of hydrogen-bond acceptors (Lipinski definition) is 8. The molecule has 1 aliphatic carbocycles. The Balaban J connectivity index is 1.60. The molecule has 2 aromatic carbocycles. The van der Waals surface area contributed by atoms with Gasteiger partial charge in [0.2, 0.25) is 5.78 Å². The van der Waals surface area contributed by atoms with Crippen LogP contribution in [0.1, 0.15) is 50.8 Å². The van der Waals surface area contributed by atoms with E-state index >= 15 is 0 Å². The van der Waals surface area contributed by atoms with Crippen molar-refractivity contribution in [1.29, 1.82) is 0 Å². The van der Waals surface area contributed by atoms with E-state index in [-0.39, 0.29) is 40.4 Å². The van der Waals surface area contributed by atoms with Crippen LogP contribution in [0.3, 0.4) is 0 Å². The first kappa shape index (κ1) is 19.5. The first-order chi connectivity index (χ1) is 13.8. The first-order valence-electron chi connectivity index (χ1n) is 9.26. The lowest BCUT2D eigenvalue weighted by molar-refractivity contribution is -0.226. The van der Waals surface area contributed by atoms with Gasteiger partial charge in [-0.3, -0.25) is 9.59 Å². The number of rotatable bonds is 3. The standard InChI is InChI=1S/C21H21NO7/c1-9-19(25)13(22)7-16(29-9)28-8-10-5-12-18(15(24)6-10)21(27)17-11(20(12)26)3-2-4-14(17)23/h2-6,9,13,16,19,23-25H,7-8,22H2,1H3/t9-,13+,16-,19-/m0/s1. The molecule has 4 rings (SSSR count). The number of benzene rings is 2. The van der Waals surface area contributed by atoms with Gasteiger partial charge in [-0.25, -0.2) is 0 Å². The van der Waals surface area contributed by atoms with Crippen molar-refractivity contribution in [3.05, 3.63) is 58.1 Å². The fourth-order valence-corrected chi connectivity index (χ4v) is 3.81. The molecule has 2 aliphatic rings. The topological polar surface area (TPSA) is 139 Å². The number of phenolic OH excluding ortho intramolecular Hbond substituents is 2. The number of ketones is 2. The molecule has 0 spiro atoms. The Morgan fingerprint density at radius 3 is 2.55 bits per heavy atom. The van der Waals surface area contributed by atoms with Crippen LogP contribution < -0.4 is 5.73 Å². The van der Waals surface area contributed by atoms with Gasteiger partial charge in [0.05, 0.1) is 29.9 Å². The summed E-state index contributed by atoms with van der Waals surface area (Å²) < 4.78 is 11.3. The molecule has 0 bridgehead atoms. The Bertz CT molecular complexity index is 991. The molecule has 1 aliphatic heterocycles. The third kappa shape index (κ3) is 3.30. The van der Waals surface area contributed by atoms with Crippen molar-refractivity contribution in [2.75, 3.05) is 0 Å². The molecule has 4 atom stereocenters. The van der Waals surface area contributed by atoms with Gasteiger partial charge in [0.25, 0.3) is 0 Å². The molecule has 8 nitrogen and oxygen atoms in total. The summed E-state index contributed by atoms with van der Waals surface area (Å²) in [5, 5.41) is 30.2. The minimum atomic E-state index is -0.775. The maximum absolute atomic E-state index is 12.9. The van der Waals surface area contributed by atoms with Crippen molar-refractivity contribution in [2.24, 2.45) is 5.73 Å². The highest BCUT2D eigenvalue weighted by atomic mass is 16.7. The van der Waals surface area contributed by atoms with E-state index in [1.807, 2.05) is 0 Å². The second-order valence-corrected chi connectivity index (χ2v) is 7.37. The maximum atomic E-state index is 12.9. The molecule has 2 aromatic rings. The first-order valence-corrected chi connectivity index (χ1v) is 9.26. The fourth-order valence-electron chi connectivity index (χ4n) is 3.81. The number of ether oxygens (including phenoxy) is 2. The summed E-state index contributed by atoms with van der Waals surface area (Å²) in [7, 11) is 0. The van der Waals surface area contributed by atoms with E-state index < -0.39 is 36.1 Å². The number of aromatic hydroxyl groups is 2. The van der Waals surface area contributed by atoms with E-state index in [9.17, 15) is 24.9 Å². The van der Waals surface area contributed by atoms with Gasteiger partial charge in [0.1, 0.15) is 11.5 Å². The van der Waals surface area contributed by atoms with E-state index in [1.54, 1.807) is 6.92 Å². The van der Waals surface area contributed by atoms with Crippen LogP contribution in [-0.2, 0) is 16.1 Å². The van der Waals surface area contributed by atoms with Gasteiger partial charge in [-0.1, -0.05) is 12.1 Å². The van der Waals surface area contributed by atoms with Crippen molar-refractivity contribution < 1.29 is 34.4 Å². The normalized spacial score (nSPS) is 26.2. The highest BCUT2D eigenvalue weighted by molar-refractivity contribution is 6.30. The summed E-state index contributed by atoms with van der Waals surface area (Å²) in [5.41, 5.74) is 6.25. The Labute approximate surface area is 166 Å². The van der Waals surface area contributed by atoms with Crippen molar-refractivity contribution in [2.45, 2.75) is 44.5 Å². The van der Waals surface area contributed by atoms with E-state index in [4.69, 9.17) is 15.2 Å². The lowest BCUT2D eigenvalue weighted by Gasteiger charge is -2.35. The molecule has 0 amide bonds. The molecule has 1 heterocycles. The molecule has 0 unspecified atom stereocenters. The molecule has 0 saturated carbocycles. The summed E-state index contributed by atoms with van der Waals surface area (Å²) in [6, 6.07) is 6.61. The van der Waals surface area contributed by atoms with Gasteiger partial charge < -0.3 is 30.5 Å². The average Bonchev–Trinajstić information content (AvgIpc) is 2.68. The van der Waals surface area contributed by atoms with E-state index in [2.05, 4.69) is 0 Å². The SMILES string of the molecule is C[C@@H]1O[C@H](OCc2cc(O)c3c(c2)C(=O)c2cccc(O)c2C3=O)C[C@@H](N)[C@H]1O. The second kappa shape index (κ2) is 7.23. The molecule has 5 N–H and O–H groups in total. The molecular weight excluding hydrogens is 378 g/mol. The van der Waals surface area contributed by atoms with Crippen LogP contribution in [0.2, 0.25) is 0 Å². The number of carbonyl (C=O) groups excluding carboxylic acids is 2. The van der Waals surface area contributed by atoms with Crippen LogP contribution in [0.4, 0.5) is 0 Å². The quantitative estimate of drug-likeness (QED) is 0.515. The van der Waals surface area contributed by atoms with Crippen molar-refractivity contribution in [3.63, 3.8) is 0 Å². The van der Waals surface area contributed by atoms with Crippen LogP contribution in [-0.4, -0.2) is 51.4 Å². The van der Waals surface area contributed by atoms with Gasteiger partial charge in [-0.15, -0.1) is 0 Å². The van der Waals surface area contributed by atoms with Crippen molar-refractivity contribution in [3.8, 4) is 11.5 Å². The van der Waals surface area contributed by atoms with Crippen LogP contribution in [0.5, 0.6) is 11.5 Å². The van der Waals surface area contributed by atoms with E-state index in [1.165, 1.54) is 30.3 Å². The number of aliphatic hydroxyl groups is 1. The highest BCUT2D eigenvalue weighted by Crippen LogP contribution is 2.37. The smallest absolute Gasteiger partial charge is 0.201 e. The molecule has 0 aromatic heterocycles. The van der Waals surface area contributed by atoms with E-state index in [0.29, 0.717) is 12.0 Å². The van der Waals surface area contributed by atoms with Crippen molar-refractivity contribution in [1.82, 2.24) is 0 Å². The zero-order valence-electron chi connectivity index (χ0n) is 15.7. The van der Waals surface area contributed by atoms with Crippen LogP contribution >= 0.6 is 0 Å². The Morgan fingerprint density at radius 2 is 1.83 bits per heavy atom. The molecular formula is C21H21NO7. The molecule has 0 radical (unpaired) electrons. The Kier molecular flexibility index (Phi) is 4.87. The molecule has 1 fully saturated rings. The van der Waals surface area contributed by atoms with Gasteiger partial charge >= 0.3 is 0 Å². The third-order valence-corrected chi connectivity index (χ3v) is 5.35. The summed E-state index contributed by atoms with van der Waals surface area (Å²) in [5.74, 6) is -1.74. The predicted molar refractivity (Wildman–Crippen MR) is 101 cm³/mol. The largest absolute Gasteiger partial charge is 0.507 e. The van der Waals surface area contributed by atoms with Crippen LogP contribution in [0, 0.1) is 0 Å². The third-order valence-electron chi connectivity index (χ3n) is 5.35. The molecule has 1 saturated heterocycles. The number of carbonyl (C=O) groups is 2. The van der Waals surface area contributed by atoms with Gasteiger partial charge in [0.15, 0.2) is 12.1 Å². The van der Waals surface area contributed by atoms with E-state index in [0.717, 1.165) is 0 Å². The van der Waals surface area contributed by atoms with Gasteiger partial charge in [-0.2, -0.15) is 0 Å².